The number of nitrogens with one attached hydrogen (secondary N) is 1. The van der Waals surface area contributed by atoms with Crippen LogP contribution in [0.2, 0.25) is 0 Å². The number of carbonyl (C=O) groups excluding carboxylic acids is 1. The van der Waals surface area contributed by atoms with Crippen LogP contribution in [0.1, 0.15) is 264 Å². The Kier molecular flexibility index (Phi) is 43.7. The summed E-state index contributed by atoms with van der Waals surface area (Å²) >= 11 is 0. The molecule has 0 aromatic heterocycles. The molecule has 1 heterocycles. The smallest absolute Gasteiger partial charge is 0.249 e. The Labute approximate surface area is 405 Å². The third-order valence-corrected chi connectivity index (χ3v) is 13.6. The monoisotopic (exact) mass is 938 g/mol. The molecule has 1 rings (SSSR count). The molecule has 1 aliphatic heterocycles. The minimum absolute atomic E-state index is 0.304. The molecule has 8 unspecified atom stereocenters. The third-order valence-electron chi connectivity index (χ3n) is 13.6. The van der Waals surface area contributed by atoms with Crippen LogP contribution in [0.25, 0.3) is 0 Å². The summed E-state index contributed by atoms with van der Waals surface area (Å²) in [5.41, 5.74) is 0. The van der Waals surface area contributed by atoms with Crippen LogP contribution in [0, 0.1) is 0 Å². The Morgan fingerprint density at radius 3 is 1.27 bits per heavy atom. The van der Waals surface area contributed by atoms with Crippen LogP contribution in [0.5, 0.6) is 0 Å². The number of unbranched alkanes of at least 4 members (excludes halogenated alkanes) is 35. The van der Waals surface area contributed by atoms with Crippen LogP contribution >= 0.6 is 0 Å². The van der Waals surface area contributed by atoms with Gasteiger partial charge in [0.25, 0.3) is 0 Å². The van der Waals surface area contributed by atoms with Gasteiger partial charge in [-0.3, -0.25) is 4.79 Å². The van der Waals surface area contributed by atoms with Crippen LogP contribution in [-0.4, -0.2) is 98.7 Å². The Morgan fingerprint density at radius 2 is 0.879 bits per heavy atom. The number of ether oxygens (including phenoxy) is 2. The third kappa shape index (κ3) is 34.8. The summed E-state index contributed by atoms with van der Waals surface area (Å²) in [4.78, 5) is 13.1. The van der Waals surface area contributed by atoms with E-state index in [1.807, 2.05) is 6.08 Å². The highest BCUT2D eigenvalue weighted by Gasteiger charge is 2.44. The van der Waals surface area contributed by atoms with Crippen molar-refractivity contribution in [1.82, 2.24) is 5.32 Å². The molecule has 1 aliphatic rings. The van der Waals surface area contributed by atoms with Crippen LogP contribution in [-0.2, 0) is 14.3 Å². The first-order valence-electron chi connectivity index (χ1n) is 28.2. The van der Waals surface area contributed by atoms with E-state index in [-0.39, 0.29) is 6.61 Å². The van der Waals surface area contributed by atoms with Gasteiger partial charge >= 0.3 is 0 Å². The zero-order chi connectivity index (χ0) is 48.1. The Morgan fingerprint density at radius 1 is 0.515 bits per heavy atom. The minimum Gasteiger partial charge on any atom is -0.394 e. The van der Waals surface area contributed by atoms with E-state index in [0.717, 1.165) is 38.5 Å². The van der Waals surface area contributed by atoms with Crippen molar-refractivity contribution in [2.75, 3.05) is 13.2 Å². The lowest BCUT2D eigenvalue weighted by molar-refractivity contribution is -0.302. The molecule has 0 radical (unpaired) electrons. The SMILES string of the molecule is CCCCCCCCCCCCCC/C=C\CCCCCCCCCCCC(O)C(=O)NC(COC1OC(CO)C(O)C(O)C1O)C(O)/C=C/CCCCCCCCCCCCCCCC. The number of hydrogen-bond donors (Lipinski definition) is 7. The molecule has 8 atom stereocenters. The van der Waals surface area contributed by atoms with Crippen molar-refractivity contribution in [3.05, 3.63) is 24.3 Å². The molecule has 1 saturated heterocycles. The number of amides is 1. The highest BCUT2D eigenvalue weighted by molar-refractivity contribution is 5.80. The number of aliphatic hydroxyl groups excluding tert-OH is 6. The maximum absolute atomic E-state index is 13.1. The van der Waals surface area contributed by atoms with Gasteiger partial charge in [0.15, 0.2) is 6.29 Å². The number of aliphatic hydroxyl groups is 6. The number of allylic oxidation sites excluding steroid dienone is 3. The van der Waals surface area contributed by atoms with Gasteiger partial charge in [0.2, 0.25) is 5.91 Å². The topological polar surface area (TPSA) is 169 Å². The molecule has 1 fully saturated rings. The number of carbonyl (C=O) groups is 1. The van der Waals surface area contributed by atoms with Gasteiger partial charge in [-0.15, -0.1) is 0 Å². The molecule has 0 aromatic carbocycles. The predicted octanol–water partition coefficient (Wildman–Crippen LogP) is 12.4. The molecule has 0 spiro atoms. The first kappa shape index (κ1) is 62.6. The summed E-state index contributed by atoms with van der Waals surface area (Å²) in [6, 6.07) is -0.979. The van der Waals surface area contributed by atoms with E-state index in [9.17, 15) is 35.4 Å². The second-order valence-corrected chi connectivity index (χ2v) is 19.9. The lowest BCUT2D eigenvalue weighted by atomic mass is 9.99. The molecule has 10 nitrogen and oxygen atoms in total. The maximum Gasteiger partial charge on any atom is 0.249 e. The van der Waals surface area contributed by atoms with E-state index in [2.05, 4.69) is 31.3 Å². The fraction of sp³-hybridized carbons (Fsp3) is 0.911. The summed E-state index contributed by atoms with van der Waals surface area (Å²) < 4.78 is 11.2. The molecule has 0 aromatic rings. The van der Waals surface area contributed by atoms with Crippen molar-refractivity contribution in [2.45, 2.75) is 313 Å². The molecule has 0 aliphatic carbocycles. The van der Waals surface area contributed by atoms with E-state index in [4.69, 9.17) is 9.47 Å². The average molecular weight is 938 g/mol. The largest absolute Gasteiger partial charge is 0.394 e. The van der Waals surface area contributed by atoms with Gasteiger partial charge in [-0.1, -0.05) is 244 Å². The van der Waals surface area contributed by atoms with Crippen molar-refractivity contribution in [3.63, 3.8) is 0 Å². The van der Waals surface area contributed by atoms with Gasteiger partial charge in [0.1, 0.15) is 30.5 Å². The molecule has 66 heavy (non-hydrogen) atoms. The predicted molar refractivity (Wildman–Crippen MR) is 273 cm³/mol. The van der Waals surface area contributed by atoms with Gasteiger partial charge in [-0.2, -0.15) is 0 Å². The van der Waals surface area contributed by atoms with Crippen molar-refractivity contribution in [1.29, 1.82) is 0 Å². The highest BCUT2D eigenvalue weighted by Crippen LogP contribution is 2.23. The van der Waals surface area contributed by atoms with Crippen LogP contribution in [0.4, 0.5) is 0 Å². The van der Waals surface area contributed by atoms with Crippen LogP contribution in [0.15, 0.2) is 24.3 Å². The fourth-order valence-corrected chi connectivity index (χ4v) is 9.04. The Bertz CT molecular complexity index is 1110. The lowest BCUT2D eigenvalue weighted by Crippen LogP contribution is -2.60. The quantitative estimate of drug-likeness (QED) is 0.0232. The van der Waals surface area contributed by atoms with Gasteiger partial charge in [0, 0.05) is 0 Å². The summed E-state index contributed by atoms with van der Waals surface area (Å²) in [6.07, 6.45) is 47.0. The van der Waals surface area contributed by atoms with Crippen LogP contribution < -0.4 is 5.32 Å². The van der Waals surface area contributed by atoms with Gasteiger partial charge in [0.05, 0.1) is 25.4 Å². The van der Waals surface area contributed by atoms with E-state index in [1.54, 1.807) is 6.08 Å². The lowest BCUT2D eigenvalue weighted by Gasteiger charge is -2.40. The maximum atomic E-state index is 13.1. The summed E-state index contributed by atoms with van der Waals surface area (Å²) in [6.45, 7) is 3.64. The molecular formula is C56H107NO9. The molecule has 0 bridgehead atoms. The van der Waals surface area contributed by atoms with E-state index in [1.165, 1.54) is 199 Å². The normalized spacial score (nSPS) is 20.4. The zero-order valence-electron chi connectivity index (χ0n) is 42.8. The highest BCUT2D eigenvalue weighted by atomic mass is 16.7. The summed E-state index contributed by atoms with van der Waals surface area (Å²) in [5.74, 6) is -0.615. The Hall–Kier alpha value is -1.37. The molecule has 390 valence electrons. The second-order valence-electron chi connectivity index (χ2n) is 19.9. The van der Waals surface area contributed by atoms with Crippen molar-refractivity contribution in [2.24, 2.45) is 0 Å². The van der Waals surface area contributed by atoms with E-state index < -0.39 is 61.5 Å². The first-order valence-corrected chi connectivity index (χ1v) is 28.2. The summed E-state index contributed by atoms with van der Waals surface area (Å²) in [5, 5.41) is 65.0. The fourth-order valence-electron chi connectivity index (χ4n) is 9.04. The average Bonchev–Trinajstić information content (AvgIpc) is 3.32. The van der Waals surface area contributed by atoms with E-state index in [0.29, 0.717) is 12.8 Å². The number of hydrogen-bond acceptors (Lipinski definition) is 9. The molecule has 7 N–H and O–H groups in total. The standard InChI is InChI=1S/C56H107NO9/c1-3-5-7-9-11-13-15-17-19-21-22-23-24-25-26-27-28-29-31-33-35-37-39-41-43-45-50(60)55(64)57-48(47-65-56-54(63)53(62)52(61)51(46-58)66-56)49(59)44-42-40-38-36-34-32-30-20-18-16-14-12-10-8-6-4-2/h25-26,42,44,48-54,56,58-63H,3-24,27-41,43,45-47H2,1-2H3,(H,57,64)/b26-25-,44-42+. The number of rotatable bonds is 48. The van der Waals surface area contributed by atoms with Crippen molar-refractivity contribution in [3.8, 4) is 0 Å². The second kappa shape index (κ2) is 46.0. The van der Waals surface area contributed by atoms with Crippen LogP contribution in [0.3, 0.4) is 0 Å². The van der Waals surface area contributed by atoms with Gasteiger partial charge in [-0.05, 0) is 44.9 Å². The van der Waals surface area contributed by atoms with E-state index >= 15 is 0 Å². The van der Waals surface area contributed by atoms with Gasteiger partial charge in [-0.25, -0.2) is 0 Å². The molecule has 1 amide bonds. The molecule has 10 heteroatoms. The molecular weight excluding hydrogens is 831 g/mol. The van der Waals surface area contributed by atoms with Crippen molar-refractivity contribution >= 4 is 5.91 Å². The first-order chi connectivity index (χ1) is 32.3. The zero-order valence-corrected chi connectivity index (χ0v) is 42.8. The minimum atomic E-state index is -1.61. The summed E-state index contributed by atoms with van der Waals surface area (Å²) in [7, 11) is 0. The Balaban J connectivity index is 2.27. The molecule has 0 saturated carbocycles. The van der Waals surface area contributed by atoms with Gasteiger partial charge < -0.3 is 45.4 Å². The van der Waals surface area contributed by atoms with Crippen molar-refractivity contribution < 1.29 is 44.9 Å².